The zero-order chi connectivity index (χ0) is 14.5. The molecule has 0 bridgehead atoms. The summed E-state index contributed by atoms with van der Waals surface area (Å²) in [7, 11) is 0. The van der Waals surface area contributed by atoms with Crippen molar-refractivity contribution in [1.82, 2.24) is 0 Å². The Morgan fingerprint density at radius 1 is 0.950 bits per heavy atom. The first kappa shape index (κ1) is 16.7. The quantitative estimate of drug-likeness (QED) is 0.399. The van der Waals surface area contributed by atoms with Crippen LogP contribution >= 0.6 is 0 Å². The lowest BCUT2D eigenvalue weighted by molar-refractivity contribution is -0.107. The van der Waals surface area contributed by atoms with Crippen molar-refractivity contribution < 1.29 is 9.53 Å². The molecule has 0 atom stereocenters. The van der Waals surface area contributed by atoms with E-state index in [1.807, 2.05) is 24.3 Å². The van der Waals surface area contributed by atoms with Crippen molar-refractivity contribution in [3.05, 3.63) is 29.8 Å². The first-order chi connectivity index (χ1) is 9.86. The molecule has 0 aliphatic carbocycles. The highest BCUT2D eigenvalue weighted by Crippen LogP contribution is 2.14. The molecule has 0 N–H and O–H groups in total. The third kappa shape index (κ3) is 7.98. The molecule has 2 nitrogen and oxygen atoms in total. The van der Waals surface area contributed by atoms with E-state index >= 15 is 0 Å². The van der Waals surface area contributed by atoms with Crippen LogP contribution in [0.5, 0.6) is 5.75 Å². The van der Waals surface area contributed by atoms with Crippen molar-refractivity contribution in [2.24, 2.45) is 0 Å². The number of carbonyl (C=O) groups excluding carboxylic acids is 1. The minimum Gasteiger partial charge on any atom is -0.494 e. The largest absolute Gasteiger partial charge is 0.494 e. The van der Waals surface area contributed by atoms with Crippen molar-refractivity contribution in [2.45, 2.75) is 64.7 Å². The van der Waals surface area contributed by atoms with Crippen LogP contribution in [0, 0.1) is 0 Å². The van der Waals surface area contributed by atoms with Crippen molar-refractivity contribution in [3.63, 3.8) is 0 Å². The van der Waals surface area contributed by atoms with Gasteiger partial charge in [0.2, 0.25) is 0 Å². The fraction of sp³-hybridized carbons (Fsp3) is 0.611. The molecule has 0 saturated carbocycles. The minimum absolute atomic E-state index is 0.595. The monoisotopic (exact) mass is 276 g/mol. The number of hydrogen-bond donors (Lipinski definition) is 0. The molecule has 0 aliphatic rings. The molecule has 112 valence electrons. The van der Waals surface area contributed by atoms with Gasteiger partial charge < -0.3 is 9.53 Å². The van der Waals surface area contributed by atoms with Crippen molar-refractivity contribution in [3.8, 4) is 5.75 Å². The second-order valence-corrected chi connectivity index (χ2v) is 5.32. The SMILES string of the molecule is CCCCCCCCCOc1ccc(CCC=O)cc1. The van der Waals surface area contributed by atoms with Gasteiger partial charge in [0, 0.05) is 6.42 Å². The summed E-state index contributed by atoms with van der Waals surface area (Å²) in [6.07, 6.45) is 11.5. The highest BCUT2D eigenvalue weighted by molar-refractivity contribution is 5.50. The lowest BCUT2D eigenvalue weighted by Crippen LogP contribution is -1.97. The van der Waals surface area contributed by atoms with Crippen LogP contribution in [0.1, 0.15) is 63.9 Å². The summed E-state index contributed by atoms with van der Waals surface area (Å²) in [5.74, 6) is 0.936. The highest BCUT2D eigenvalue weighted by atomic mass is 16.5. The standard InChI is InChI=1S/C18H28O2/c1-2-3-4-5-6-7-8-16-20-18-13-11-17(12-14-18)10-9-15-19/h11-15H,2-10,16H2,1H3. The van der Waals surface area contributed by atoms with E-state index in [1.165, 1.54) is 44.1 Å². The molecule has 2 heteroatoms. The fourth-order valence-corrected chi connectivity index (χ4v) is 2.23. The second-order valence-electron chi connectivity index (χ2n) is 5.32. The molecular formula is C18H28O2. The molecule has 20 heavy (non-hydrogen) atoms. The molecule has 0 radical (unpaired) electrons. The van der Waals surface area contributed by atoms with Gasteiger partial charge in [-0.15, -0.1) is 0 Å². The second kappa shape index (κ2) is 11.5. The summed E-state index contributed by atoms with van der Waals surface area (Å²) in [6, 6.07) is 8.09. The Bertz CT molecular complexity index is 343. The number of unbranched alkanes of at least 4 members (excludes halogenated alkanes) is 6. The molecule has 0 fully saturated rings. The molecule has 1 aromatic rings. The Hall–Kier alpha value is -1.31. The normalized spacial score (nSPS) is 10.4. The number of rotatable bonds is 12. The number of carbonyl (C=O) groups is 1. The fourth-order valence-electron chi connectivity index (χ4n) is 2.23. The van der Waals surface area contributed by atoms with Crippen molar-refractivity contribution in [2.75, 3.05) is 6.61 Å². The number of benzene rings is 1. The van der Waals surface area contributed by atoms with E-state index in [-0.39, 0.29) is 0 Å². The summed E-state index contributed by atoms with van der Waals surface area (Å²) in [5.41, 5.74) is 1.19. The topological polar surface area (TPSA) is 26.3 Å². The summed E-state index contributed by atoms with van der Waals surface area (Å²) in [5, 5.41) is 0. The summed E-state index contributed by atoms with van der Waals surface area (Å²) < 4.78 is 5.72. The molecule has 0 saturated heterocycles. The lowest BCUT2D eigenvalue weighted by Gasteiger charge is -2.07. The predicted molar refractivity (Wildman–Crippen MR) is 84.3 cm³/mol. The summed E-state index contributed by atoms with van der Waals surface area (Å²) in [6.45, 7) is 3.06. The van der Waals surface area contributed by atoms with Crippen LogP contribution in [-0.2, 0) is 11.2 Å². The van der Waals surface area contributed by atoms with Gasteiger partial charge in [-0.25, -0.2) is 0 Å². The van der Waals surface area contributed by atoms with Crippen molar-refractivity contribution >= 4 is 6.29 Å². The molecule has 0 amide bonds. The Kier molecular flexibility index (Phi) is 9.64. The number of aldehydes is 1. The Morgan fingerprint density at radius 3 is 2.25 bits per heavy atom. The van der Waals surface area contributed by atoms with E-state index in [2.05, 4.69) is 6.92 Å². The Labute approximate surface area is 123 Å². The molecule has 0 heterocycles. The minimum atomic E-state index is 0.595. The van der Waals surface area contributed by atoms with Gasteiger partial charge >= 0.3 is 0 Å². The Balaban J connectivity index is 2.05. The third-order valence-corrected chi connectivity index (χ3v) is 3.49. The van der Waals surface area contributed by atoms with Crippen LogP contribution in [0.4, 0.5) is 0 Å². The van der Waals surface area contributed by atoms with E-state index in [0.29, 0.717) is 6.42 Å². The number of hydrogen-bond acceptors (Lipinski definition) is 2. The summed E-state index contributed by atoms with van der Waals surface area (Å²) in [4.78, 5) is 10.3. The number of aryl methyl sites for hydroxylation is 1. The van der Waals surface area contributed by atoms with E-state index in [4.69, 9.17) is 4.74 Å². The number of ether oxygens (including phenoxy) is 1. The molecule has 1 rings (SSSR count). The van der Waals surface area contributed by atoms with E-state index in [1.54, 1.807) is 0 Å². The van der Waals surface area contributed by atoms with Gasteiger partial charge in [-0.05, 0) is 30.5 Å². The average molecular weight is 276 g/mol. The molecule has 0 aliphatic heterocycles. The van der Waals surface area contributed by atoms with Gasteiger partial charge in [-0.3, -0.25) is 0 Å². The van der Waals surface area contributed by atoms with Crippen LogP contribution in [-0.4, -0.2) is 12.9 Å². The maximum atomic E-state index is 10.3. The van der Waals surface area contributed by atoms with Crippen LogP contribution in [0.25, 0.3) is 0 Å². The first-order valence-electron chi connectivity index (χ1n) is 8.02. The van der Waals surface area contributed by atoms with Gasteiger partial charge in [0.25, 0.3) is 0 Å². The van der Waals surface area contributed by atoms with Crippen LogP contribution in [0.15, 0.2) is 24.3 Å². The lowest BCUT2D eigenvalue weighted by atomic mass is 10.1. The highest BCUT2D eigenvalue weighted by Gasteiger charge is 1.96. The molecule has 0 aromatic heterocycles. The van der Waals surface area contributed by atoms with E-state index in [0.717, 1.165) is 31.5 Å². The van der Waals surface area contributed by atoms with E-state index in [9.17, 15) is 4.79 Å². The maximum Gasteiger partial charge on any atom is 0.120 e. The van der Waals surface area contributed by atoms with Gasteiger partial charge in [0.05, 0.1) is 6.61 Å². The smallest absolute Gasteiger partial charge is 0.120 e. The van der Waals surface area contributed by atoms with Gasteiger partial charge in [-0.2, -0.15) is 0 Å². The Morgan fingerprint density at radius 2 is 1.60 bits per heavy atom. The molecular weight excluding hydrogens is 248 g/mol. The zero-order valence-corrected chi connectivity index (χ0v) is 12.8. The maximum absolute atomic E-state index is 10.3. The molecule has 0 unspecified atom stereocenters. The van der Waals surface area contributed by atoms with Crippen LogP contribution < -0.4 is 4.74 Å². The van der Waals surface area contributed by atoms with Gasteiger partial charge in [0.1, 0.15) is 12.0 Å². The van der Waals surface area contributed by atoms with E-state index < -0.39 is 0 Å². The summed E-state index contributed by atoms with van der Waals surface area (Å²) >= 11 is 0. The first-order valence-corrected chi connectivity index (χ1v) is 8.02. The predicted octanol–water partition coefficient (Wildman–Crippen LogP) is 4.95. The zero-order valence-electron chi connectivity index (χ0n) is 12.8. The van der Waals surface area contributed by atoms with Crippen LogP contribution in [0.2, 0.25) is 0 Å². The van der Waals surface area contributed by atoms with Crippen LogP contribution in [0.3, 0.4) is 0 Å². The molecule has 0 spiro atoms. The van der Waals surface area contributed by atoms with Gasteiger partial charge in [-0.1, -0.05) is 57.6 Å². The van der Waals surface area contributed by atoms with Crippen molar-refractivity contribution in [1.29, 1.82) is 0 Å². The van der Waals surface area contributed by atoms with Gasteiger partial charge in [0.15, 0.2) is 0 Å². The third-order valence-electron chi connectivity index (χ3n) is 3.49. The average Bonchev–Trinajstić information content (AvgIpc) is 2.49. The molecule has 1 aromatic carbocycles.